The van der Waals surface area contributed by atoms with Crippen LogP contribution in [0.15, 0.2) is 18.2 Å². The molecule has 1 aromatic carbocycles. The van der Waals surface area contributed by atoms with Crippen LogP contribution >= 0.6 is 0 Å². The van der Waals surface area contributed by atoms with E-state index in [9.17, 15) is 4.79 Å². The molecule has 122 valence electrons. The second-order valence-corrected chi connectivity index (χ2v) is 6.01. The van der Waals surface area contributed by atoms with E-state index in [0.717, 1.165) is 31.7 Å². The van der Waals surface area contributed by atoms with Crippen LogP contribution in [0.1, 0.15) is 27.2 Å². The number of nitrogens with zero attached hydrogens (tertiary/aromatic N) is 1. The zero-order chi connectivity index (χ0) is 16.1. The number of methoxy groups -OCH3 is 1. The number of benzene rings is 1. The fourth-order valence-electron chi connectivity index (χ4n) is 3.02. The summed E-state index contributed by atoms with van der Waals surface area (Å²) in [4.78, 5) is 13.7. The SMILES string of the molecule is CCN1CC[C@@H](Nc2ccc(NC(C)=O)c(OC)c2)[C@@H](C)C1. The van der Waals surface area contributed by atoms with E-state index in [1.54, 1.807) is 7.11 Å². The van der Waals surface area contributed by atoms with Gasteiger partial charge in [0.2, 0.25) is 5.91 Å². The number of likely N-dealkylation sites (tertiary alicyclic amines) is 1. The average molecular weight is 305 g/mol. The maximum absolute atomic E-state index is 11.2. The van der Waals surface area contributed by atoms with E-state index in [1.807, 2.05) is 18.2 Å². The minimum atomic E-state index is -0.0976. The summed E-state index contributed by atoms with van der Waals surface area (Å²) in [5.74, 6) is 1.19. The molecule has 0 bridgehead atoms. The van der Waals surface area contributed by atoms with Gasteiger partial charge in [0.1, 0.15) is 5.75 Å². The van der Waals surface area contributed by atoms with E-state index >= 15 is 0 Å². The molecule has 0 aromatic heterocycles. The topological polar surface area (TPSA) is 53.6 Å². The van der Waals surface area contributed by atoms with E-state index in [0.29, 0.717) is 23.4 Å². The van der Waals surface area contributed by atoms with Crippen molar-refractivity contribution in [1.29, 1.82) is 0 Å². The third kappa shape index (κ3) is 4.13. The molecule has 1 fully saturated rings. The highest BCUT2D eigenvalue weighted by atomic mass is 16.5. The Morgan fingerprint density at radius 3 is 2.82 bits per heavy atom. The lowest BCUT2D eigenvalue weighted by Crippen LogP contribution is -2.45. The third-order valence-electron chi connectivity index (χ3n) is 4.30. The molecule has 1 heterocycles. The molecule has 22 heavy (non-hydrogen) atoms. The molecule has 1 amide bonds. The highest BCUT2D eigenvalue weighted by Crippen LogP contribution is 2.29. The summed E-state index contributed by atoms with van der Waals surface area (Å²) in [6.07, 6.45) is 1.14. The fourth-order valence-corrected chi connectivity index (χ4v) is 3.02. The first kappa shape index (κ1) is 16.6. The van der Waals surface area contributed by atoms with Gasteiger partial charge in [0.25, 0.3) is 0 Å². The van der Waals surface area contributed by atoms with Crippen molar-refractivity contribution in [3.63, 3.8) is 0 Å². The Morgan fingerprint density at radius 1 is 1.45 bits per heavy atom. The van der Waals surface area contributed by atoms with Gasteiger partial charge in [-0.05, 0) is 31.0 Å². The van der Waals surface area contributed by atoms with Crippen LogP contribution in [-0.4, -0.2) is 43.6 Å². The first-order valence-corrected chi connectivity index (χ1v) is 7.98. The highest BCUT2D eigenvalue weighted by Gasteiger charge is 2.25. The van der Waals surface area contributed by atoms with Crippen LogP contribution < -0.4 is 15.4 Å². The monoisotopic (exact) mass is 305 g/mol. The van der Waals surface area contributed by atoms with Gasteiger partial charge in [-0.2, -0.15) is 0 Å². The molecule has 0 unspecified atom stereocenters. The van der Waals surface area contributed by atoms with Gasteiger partial charge in [-0.1, -0.05) is 13.8 Å². The molecule has 5 heteroatoms. The molecule has 1 aliphatic rings. The number of carbonyl (C=O) groups excluding carboxylic acids is 1. The van der Waals surface area contributed by atoms with Gasteiger partial charge in [-0.3, -0.25) is 4.79 Å². The molecule has 0 saturated carbocycles. The first-order chi connectivity index (χ1) is 10.5. The van der Waals surface area contributed by atoms with E-state index in [-0.39, 0.29) is 5.91 Å². The number of anilines is 2. The van der Waals surface area contributed by atoms with Crippen molar-refractivity contribution in [3.8, 4) is 5.75 Å². The number of carbonyl (C=O) groups is 1. The Morgan fingerprint density at radius 2 is 2.23 bits per heavy atom. The van der Waals surface area contributed by atoms with Crippen molar-refractivity contribution < 1.29 is 9.53 Å². The van der Waals surface area contributed by atoms with Crippen molar-refractivity contribution in [3.05, 3.63) is 18.2 Å². The minimum Gasteiger partial charge on any atom is -0.494 e. The average Bonchev–Trinajstić information content (AvgIpc) is 2.50. The lowest BCUT2D eigenvalue weighted by atomic mass is 9.93. The van der Waals surface area contributed by atoms with Gasteiger partial charge in [0, 0.05) is 37.8 Å². The van der Waals surface area contributed by atoms with E-state index in [1.165, 1.54) is 6.92 Å². The molecular formula is C17H27N3O2. The molecule has 2 atom stereocenters. The molecular weight excluding hydrogens is 278 g/mol. The second-order valence-electron chi connectivity index (χ2n) is 6.01. The lowest BCUT2D eigenvalue weighted by molar-refractivity contribution is -0.114. The maximum Gasteiger partial charge on any atom is 0.221 e. The summed E-state index contributed by atoms with van der Waals surface area (Å²) in [6, 6.07) is 6.30. The normalized spacial score (nSPS) is 22.2. The standard InChI is InChI=1S/C17H27N3O2/c1-5-20-9-8-15(12(2)11-20)19-14-6-7-16(18-13(3)21)17(10-14)22-4/h6-7,10,12,15,19H,5,8-9,11H2,1-4H3,(H,18,21)/t12-,15+/m0/s1. The number of hydrogen-bond donors (Lipinski definition) is 2. The number of amides is 1. The van der Waals surface area contributed by atoms with Gasteiger partial charge in [0.05, 0.1) is 12.8 Å². The van der Waals surface area contributed by atoms with Crippen LogP contribution in [-0.2, 0) is 4.79 Å². The first-order valence-electron chi connectivity index (χ1n) is 7.98. The zero-order valence-electron chi connectivity index (χ0n) is 14.0. The van der Waals surface area contributed by atoms with E-state index in [4.69, 9.17) is 4.74 Å². The summed E-state index contributed by atoms with van der Waals surface area (Å²) in [6.45, 7) is 9.40. The lowest BCUT2D eigenvalue weighted by Gasteiger charge is -2.37. The van der Waals surface area contributed by atoms with Gasteiger partial charge < -0.3 is 20.3 Å². The van der Waals surface area contributed by atoms with Crippen molar-refractivity contribution in [2.45, 2.75) is 33.2 Å². The van der Waals surface area contributed by atoms with Crippen LogP contribution in [0, 0.1) is 5.92 Å². The quantitative estimate of drug-likeness (QED) is 0.878. The molecule has 2 N–H and O–H groups in total. The van der Waals surface area contributed by atoms with Crippen LogP contribution in [0.4, 0.5) is 11.4 Å². The molecule has 0 aliphatic carbocycles. The van der Waals surface area contributed by atoms with Crippen LogP contribution in [0.3, 0.4) is 0 Å². The van der Waals surface area contributed by atoms with Gasteiger partial charge in [0.15, 0.2) is 0 Å². The molecule has 1 aromatic rings. The van der Waals surface area contributed by atoms with Gasteiger partial charge in [-0.25, -0.2) is 0 Å². The largest absolute Gasteiger partial charge is 0.494 e. The van der Waals surface area contributed by atoms with Crippen LogP contribution in [0.5, 0.6) is 5.75 Å². The van der Waals surface area contributed by atoms with Gasteiger partial charge in [-0.15, -0.1) is 0 Å². The molecule has 0 radical (unpaired) electrons. The third-order valence-corrected chi connectivity index (χ3v) is 4.30. The van der Waals surface area contributed by atoms with E-state index in [2.05, 4.69) is 29.4 Å². The Bertz CT molecular complexity index is 519. The fraction of sp³-hybridized carbons (Fsp3) is 0.588. The molecule has 5 nitrogen and oxygen atoms in total. The number of rotatable bonds is 5. The van der Waals surface area contributed by atoms with E-state index < -0.39 is 0 Å². The number of piperidine rings is 1. The summed E-state index contributed by atoms with van der Waals surface area (Å²) < 4.78 is 5.37. The smallest absolute Gasteiger partial charge is 0.221 e. The Kier molecular flexibility index (Phi) is 5.66. The summed E-state index contributed by atoms with van der Waals surface area (Å²) in [5, 5.41) is 6.39. The van der Waals surface area contributed by atoms with Crippen molar-refractivity contribution in [2.24, 2.45) is 5.92 Å². The van der Waals surface area contributed by atoms with Crippen molar-refractivity contribution in [1.82, 2.24) is 4.90 Å². The molecule has 0 spiro atoms. The van der Waals surface area contributed by atoms with Crippen LogP contribution in [0.2, 0.25) is 0 Å². The zero-order valence-corrected chi connectivity index (χ0v) is 14.0. The highest BCUT2D eigenvalue weighted by molar-refractivity contribution is 5.90. The second kappa shape index (κ2) is 7.49. The Hall–Kier alpha value is -1.75. The molecule has 1 aliphatic heterocycles. The molecule has 2 rings (SSSR count). The van der Waals surface area contributed by atoms with Crippen LogP contribution in [0.25, 0.3) is 0 Å². The van der Waals surface area contributed by atoms with Gasteiger partial charge >= 0.3 is 0 Å². The Balaban J connectivity index is 2.05. The Labute approximate surface area is 133 Å². The predicted octanol–water partition coefficient (Wildman–Crippen LogP) is 2.80. The predicted molar refractivity (Wildman–Crippen MR) is 90.6 cm³/mol. The maximum atomic E-state index is 11.2. The summed E-state index contributed by atoms with van der Waals surface area (Å²) >= 11 is 0. The molecule has 1 saturated heterocycles. The van der Waals surface area contributed by atoms with Crippen molar-refractivity contribution in [2.75, 3.05) is 37.4 Å². The van der Waals surface area contributed by atoms with Crippen molar-refractivity contribution >= 4 is 17.3 Å². The number of nitrogens with one attached hydrogen (secondary N) is 2. The number of ether oxygens (including phenoxy) is 1. The minimum absolute atomic E-state index is 0.0976. The number of hydrogen-bond acceptors (Lipinski definition) is 4. The summed E-state index contributed by atoms with van der Waals surface area (Å²) in [5.41, 5.74) is 1.74. The summed E-state index contributed by atoms with van der Waals surface area (Å²) in [7, 11) is 1.62.